The Bertz CT molecular complexity index is 1310. The smallest absolute Gasteiger partial charge is 0.302 e. The summed E-state index contributed by atoms with van der Waals surface area (Å²) in [6.07, 6.45) is 0. The van der Waals surface area contributed by atoms with Crippen molar-refractivity contribution in [3.63, 3.8) is 0 Å². The Labute approximate surface area is 181 Å². The second-order valence-corrected chi connectivity index (χ2v) is 7.94. The van der Waals surface area contributed by atoms with Gasteiger partial charge in [0.05, 0.1) is 29.3 Å². The van der Waals surface area contributed by atoms with Gasteiger partial charge in [-0.2, -0.15) is 0 Å². The van der Waals surface area contributed by atoms with Gasteiger partial charge in [0.2, 0.25) is 5.95 Å². The SMILES string of the molecule is COc1ccccc1/C(O)=C1\C(=O)C(=O)N(c2nc3ccccc3[nH]2)C1c1cccs1. The number of aromatic nitrogens is 2. The highest BCUT2D eigenvalue weighted by molar-refractivity contribution is 7.10. The second kappa shape index (κ2) is 7.41. The van der Waals surface area contributed by atoms with Crippen LogP contribution in [-0.4, -0.2) is 33.9 Å². The molecule has 4 aromatic rings. The summed E-state index contributed by atoms with van der Waals surface area (Å²) in [7, 11) is 1.48. The van der Waals surface area contributed by atoms with Crippen LogP contribution in [-0.2, 0) is 9.59 Å². The number of nitrogens with one attached hydrogen (secondary N) is 1. The third-order valence-electron chi connectivity index (χ3n) is 5.22. The van der Waals surface area contributed by atoms with E-state index in [0.29, 0.717) is 16.8 Å². The molecule has 0 aliphatic carbocycles. The molecule has 2 aromatic carbocycles. The Morgan fingerprint density at radius 3 is 2.61 bits per heavy atom. The average Bonchev–Trinajstić information content (AvgIpc) is 3.52. The number of aliphatic hydroxyl groups excluding tert-OH is 1. The lowest BCUT2D eigenvalue weighted by Crippen LogP contribution is -2.30. The Hall–Kier alpha value is -3.91. The molecule has 8 heteroatoms. The lowest BCUT2D eigenvalue weighted by molar-refractivity contribution is -0.132. The van der Waals surface area contributed by atoms with Crippen LogP contribution < -0.4 is 9.64 Å². The fourth-order valence-corrected chi connectivity index (χ4v) is 4.63. The van der Waals surface area contributed by atoms with Crippen LogP contribution in [0.5, 0.6) is 5.75 Å². The maximum Gasteiger partial charge on any atom is 0.302 e. The zero-order chi connectivity index (χ0) is 21.5. The minimum Gasteiger partial charge on any atom is -0.507 e. The minimum atomic E-state index is -0.814. The van der Waals surface area contributed by atoms with Gasteiger partial charge in [0.25, 0.3) is 5.78 Å². The number of aromatic amines is 1. The highest BCUT2D eigenvalue weighted by atomic mass is 32.1. The van der Waals surface area contributed by atoms with Crippen molar-refractivity contribution in [1.82, 2.24) is 9.97 Å². The first-order valence-corrected chi connectivity index (χ1v) is 10.4. The number of thiophene rings is 1. The number of anilines is 1. The number of methoxy groups -OCH3 is 1. The van der Waals surface area contributed by atoms with Crippen molar-refractivity contribution in [2.24, 2.45) is 0 Å². The number of imidazole rings is 1. The molecule has 2 N–H and O–H groups in total. The summed E-state index contributed by atoms with van der Waals surface area (Å²) < 4.78 is 5.35. The molecule has 0 bridgehead atoms. The van der Waals surface area contributed by atoms with Gasteiger partial charge in [0.15, 0.2) is 0 Å². The van der Waals surface area contributed by atoms with Crippen molar-refractivity contribution in [3.05, 3.63) is 82.1 Å². The van der Waals surface area contributed by atoms with Crippen molar-refractivity contribution in [2.45, 2.75) is 6.04 Å². The van der Waals surface area contributed by atoms with E-state index in [-0.39, 0.29) is 17.3 Å². The molecule has 0 radical (unpaired) electrons. The number of carbonyl (C=O) groups excluding carboxylic acids is 2. The van der Waals surface area contributed by atoms with Crippen molar-refractivity contribution in [2.75, 3.05) is 12.0 Å². The maximum absolute atomic E-state index is 13.1. The number of ketones is 1. The van der Waals surface area contributed by atoms with Gasteiger partial charge in [0.1, 0.15) is 17.6 Å². The Balaban J connectivity index is 1.73. The molecule has 0 saturated carbocycles. The van der Waals surface area contributed by atoms with Gasteiger partial charge in [-0.3, -0.25) is 14.5 Å². The highest BCUT2D eigenvalue weighted by Crippen LogP contribution is 2.44. The first-order valence-electron chi connectivity index (χ1n) is 9.52. The predicted octanol–water partition coefficient (Wildman–Crippen LogP) is 4.26. The van der Waals surface area contributed by atoms with Gasteiger partial charge < -0.3 is 14.8 Å². The van der Waals surface area contributed by atoms with Gasteiger partial charge in [-0.25, -0.2) is 4.98 Å². The molecule has 1 atom stereocenters. The molecule has 31 heavy (non-hydrogen) atoms. The lowest BCUT2D eigenvalue weighted by Gasteiger charge is -2.21. The fourth-order valence-electron chi connectivity index (χ4n) is 3.81. The number of ether oxygens (including phenoxy) is 1. The molecule has 154 valence electrons. The predicted molar refractivity (Wildman–Crippen MR) is 118 cm³/mol. The second-order valence-electron chi connectivity index (χ2n) is 6.96. The lowest BCUT2D eigenvalue weighted by atomic mass is 9.99. The number of hydrogen-bond acceptors (Lipinski definition) is 6. The highest BCUT2D eigenvalue weighted by Gasteiger charge is 2.48. The van der Waals surface area contributed by atoms with E-state index in [2.05, 4.69) is 9.97 Å². The molecular weight excluding hydrogens is 414 g/mol. The van der Waals surface area contributed by atoms with Gasteiger partial charge in [-0.05, 0) is 35.7 Å². The van der Waals surface area contributed by atoms with E-state index in [4.69, 9.17) is 4.74 Å². The number of Topliss-reactive ketones (excluding diaryl/α,β-unsaturated/α-hetero) is 1. The zero-order valence-electron chi connectivity index (χ0n) is 16.4. The summed E-state index contributed by atoms with van der Waals surface area (Å²) in [5, 5.41) is 13.0. The van der Waals surface area contributed by atoms with Gasteiger partial charge in [-0.1, -0.05) is 30.3 Å². The van der Waals surface area contributed by atoms with E-state index in [1.165, 1.54) is 23.3 Å². The number of hydrogen-bond donors (Lipinski definition) is 2. The number of para-hydroxylation sites is 3. The van der Waals surface area contributed by atoms with Gasteiger partial charge in [-0.15, -0.1) is 11.3 Å². The Morgan fingerprint density at radius 1 is 1.10 bits per heavy atom. The Kier molecular flexibility index (Phi) is 4.56. The zero-order valence-corrected chi connectivity index (χ0v) is 17.2. The molecule has 1 amide bonds. The van der Waals surface area contributed by atoms with Crippen LogP contribution in [0.25, 0.3) is 16.8 Å². The molecule has 5 rings (SSSR count). The van der Waals surface area contributed by atoms with Gasteiger partial charge in [0, 0.05) is 4.88 Å². The van der Waals surface area contributed by atoms with E-state index in [1.807, 2.05) is 41.8 Å². The van der Waals surface area contributed by atoms with Crippen LogP contribution in [0.2, 0.25) is 0 Å². The molecule has 3 heterocycles. The number of rotatable bonds is 4. The fraction of sp³-hybridized carbons (Fsp3) is 0.0870. The van der Waals surface area contributed by atoms with Crippen LogP contribution in [0, 0.1) is 0 Å². The van der Waals surface area contributed by atoms with E-state index >= 15 is 0 Å². The van der Waals surface area contributed by atoms with E-state index in [9.17, 15) is 14.7 Å². The number of carbonyl (C=O) groups is 2. The van der Waals surface area contributed by atoms with Crippen molar-refractivity contribution in [3.8, 4) is 5.75 Å². The first-order chi connectivity index (χ1) is 15.1. The number of nitrogens with zero attached hydrogens (tertiary/aromatic N) is 2. The van der Waals surface area contributed by atoms with Crippen molar-refractivity contribution >= 4 is 45.8 Å². The summed E-state index contributed by atoms with van der Waals surface area (Å²) in [6, 6.07) is 17.0. The number of amides is 1. The molecule has 1 aliphatic rings. The monoisotopic (exact) mass is 431 g/mol. The van der Waals surface area contributed by atoms with Crippen LogP contribution >= 0.6 is 11.3 Å². The summed E-state index contributed by atoms with van der Waals surface area (Å²) >= 11 is 1.39. The minimum absolute atomic E-state index is 0.00240. The summed E-state index contributed by atoms with van der Waals surface area (Å²) in [4.78, 5) is 36.0. The standard InChI is InChI=1S/C23H17N3O4S/c1-30-16-10-5-2-7-13(16)20(27)18-19(17-11-6-12-31-17)26(22(29)21(18)28)23-24-14-8-3-4-9-15(14)25-23/h2-12,19,27H,1H3,(H,24,25)/b20-18+. The molecule has 1 aliphatic heterocycles. The van der Waals surface area contributed by atoms with Crippen LogP contribution in [0.3, 0.4) is 0 Å². The molecule has 1 unspecified atom stereocenters. The molecule has 1 saturated heterocycles. The number of H-pyrrole nitrogens is 1. The summed E-state index contributed by atoms with van der Waals surface area (Å²) in [6.45, 7) is 0. The normalized spacial score (nSPS) is 18.1. The van der Waals surface area contributed by atoms with Crippen LogP contribution in [0.15, 0.2) is 71.6 Å². The molecule has 0 spiro atoms. The third-order valence-corrected chi connectivity index (χ3v) is 6.15. The molecular formula is C23H17N3O4S. The summed E-state index contributed by atoms with van der Waals surface area (Å²) in [5.74, 6) is -1.16. The number of benzene rings is 2. The van der Waals surface area contributed by atoms with Crippen LogP contribution in [0.4, 0.5) is 5.95 Å². The van der Waals surface area contributed by atoms with E-state index < -0.39 is 17.7 Å². The van der Waals surface area contributed by atoms with E-state index in [0.717, 1.165) is 10.4 Å². The largest absolute Gasteiger partial charge is 0.507 e. The van der Waals surface area contributed by atoms with Crippen molar-refractivity contribution < 1.29 is 19.4 Å². The Morgan fingerprint density at radius 2 is 1.87 bits per heavy atom. The maximum atomic E-state index is 13.1. The average molecular weight is 431 g/mol. The quantitative estimate of drug-likeness (QED) is 0.286. The molecule has 2 aromatic heterocycles. The van der Waals surface area contributed by atoms with Crippen molar-refractivity contribution in [1.29, 1.82) is 0 Å². The van der Waals surface area contributed by atoms with Gasteiger partial charge >= 0.3 is 5.91 Å². The molecule has 7 nitrogen and oxygen atoms in total. The molecule has 1 fully saturated rings. The topological polar surface area (TPSA) is 95.5 Å². The van der Waals surface area contributed by atoms with E-state index in [1.54, 1.807) is 24.3 Å². The number of aliphatic hydroxyl groups is 1. The summed E-state index contributed by atoms with van der Waals surface area (Å²) in [5.41, 5.74) is 1.76. The third kappa shape index (κ3) is 3.00. The number of fused-ring (bicyclic) bond motifs is 1. The van der Waals surface area contributed by atoms with Crippen LogP contribution in [0.1, 0.15) is 16.5 Å². The first kappa shape index (κ1) is 19.1.